The molecular weight excluding hydrogens is 284 g/mol. The van der Waals surface area contributed by atoms with Crippen molar-refractivity contribution in [1.29, 1.82) is 0 Å². The molecule has 0 saturated heterocycles. The Hall–Kier alpha value is -1.85. The van der Waals surface area contributed by atoms with Crippen LogP contribution in [-0.4, -0.2) is 23.6 Å². The van der Waals surface area contributed by atoms with E-state index < -0.39 is 5.91 Å². The number of esters is 1. The molecule has 6 heteroatoms. The zero-order valence-corrected chi connectivity index (χ0v) is 13.1. The number of rotatable bonds is 7. The number of ether oxygens (including phenoxy) is 1. The van der Waals surface area contributed by atoms with E-state index in [1.807, 2.05) is 0 Å². The fourth-order valence-electron chi connectivity index (χ4n) is 2.83. The lowest BCUT2D eigenvalue weighted by Gasteiger charge is -2.20. The van der Waals surface area contributed by atoms with Crippen LogP contribution in [0.4, 0.5) is 5.82 Å². The first-order chi connectivity index (χ1) is 10.6. The molecule has 1 aromatic heterocycles. The van der Waals surface area contributed by atoms with Crippen molar-refractivity contribution in [2.45, 2.75) is 58.3 Å². The molecule has 1 amide bonds. The molecule has 1 aliphatic carbocycles. The Bertz CT molecular complexity index is 492. The summed E-state index contributed by atoms with van der Waals surface area (Å²) in [5.74, 6) is 0.974. The number of carbonyl (C=O) groups is 2. The lowest BCUT2D eigenvalue weighted by atomic mass is 9.86. The van der Waals surface area contributed by atoms with Crippen LogP contribution in [0.2, 0.25) is 0 Å². The van der Waals surface area contributed by atoms with E-state index in [1.54, 1.807) is 13.0 Å². The molecule has 0 bridgehead atoms. The van der Waals surface area contributed by atoms with E-state index in [1.165, 1.54) is 32.1 Å². The average Bonchev–Trinajstić information content (AvgIpc) is 2.91. The summed E-state index contributed by atoms with van der Waals surface area (Å²) in [7, 11) is 0. The second-order valence-electron chi connectivity index (χ2n) is 5.93. The molecule has 0 atom stereocenters. The van der Waals surface area contributed by atoms with Crippen LogP contribution in [0.1, 0.15) is 57.1 Å². The highest BCUT2D eigenvalue weighted by molar-refractivity contribution is 5.91. The van der Waals surface area contributed by atoms with Crippen molar-refractivity contribution in [2.24, 2.45) is 5.92 Å². The maximum absolute atomic E-state index is 11.6. The molecule has 1 saturated carbocycles. The fraction of sp³-hybridized carbons (Fsp3) is 0.688. The van der Waals surface area contributed by atoms with Gasteiger partial charge in [-0.25, -0.2) is 0 Å². The monoisotopic (exact) mass is 308 g/mol. The third-order valence-corrected chi connectivity index (χ3v) is 3.98. The minimum atomic E-state index is -0.408. The summed E-state index contributed by atoms with van der Waals surface area (Å²) in [6.45, 7) is 1.45. The SMILES string of the molecule is Cc1cc(NC(=O)COC(=O)CCCC2CCCCC2)no1. The second-order valence-corrected chi connectivity index (χ2v) is 5.93. The molecule has 2 rings (SSSR count). The van der Waals surface area contributed by atoms with Gasteiger partial charge in [0.05, 0.1) is 0 Å². The van der Waals surface area contributed by atoms with Crippen LogP contribution in [0.5, 0.6) is 0 Å². The minimum absolute atomic E-state index is 0.284. The van der Waals surface area contributed by atoms with Crippen molar-refractivity contribution < 1.29 is 18.8 Å². The summed E-state index contributed by atoms with van der Waals surface area (Å²) in [6.07, 6.45) is 8.86. The highest BCUT2D eigenvalue weighted by atomic mass is 16.5. The number of nitrogens with zero attached hydrogens (tertiary/aromatic N) is 1. The Morgan fingerprint density at radius 3 is 2.82 bits per heavy atom. The van der Waals surface area contributed by atoms with Crippen molar-refractivity contribution in [3.05, 3.63) is 11.8 Å². The van der Waals surface area contributed by atoms with E-state index in [-0.39, 0.29) is 12.6 Å². The van der Waals surface area contributed by atoms with Gasteiger partial charge in [0.2, 0.25) is 0 Å². The molecule has 6 nitrogen and oxygen atoms in total. The average molecular weight is 308 g/mol. The Balaban J connectivity index is 1.55. The van der Waals surface area contributed by atoms with Gasteiger partial charge in [-0.2, -0.15) is 0 Å². The predicted molar refractivity (Wildman–Crippen MR) is 81.3 cm³/mol. The summed E-state index contributed by atoms with van der Waals surface area (Å²) in [5, 5.41) is 6.14. The van der Waals surface area contributed by atoms with Crippen molar-refractivity contribution in [1.82, 2.24) is 5.16 Å². The first-order valence-corrected chi connectivity index (χ1v) is 8.02. The maximum Gasteiger partial charge on any atom is 0.306 e. The van der Waals surface area contributed by atoms with Gasteiger partial charge in [0.25, 0.3) is 5.91 Å². The number of nitrogens with one attached hydrogen (secondary N) is 1. The van der Waals surface area contributed by atoms with Gasteiger partial charge in [-0.05, 0) is 25.7 Å². The largest absolute Gasteiger partial charge is 0.456 e. The van der Waals surface area contributed by atoms with Crippen LogP contribution in [0.15, 0.2) is 10.6 Å². The van der Waals surface area contributed by atoms with Gasteiger partial charge < -0.3 is 14.6 Å². The van der Waals surface area contributed by atoms with Gasteiger partial charge in [0, 0.05) is 12.5 Å². The molecule has 1 aliphatic rings. The summed E-state index contributed by atoms with van der Waals surface area (Å²) in [4.78, 5) is 23.2. The first kappa shape index (κ1) is 16.5. The fourth-order valence-corrected chi connectivity index (χ4v) is 2.83. The van der Waals surface area contributed by atoms with Gasteiger partial charge in [0.1, 0.15) is 5.76 Å². The molecular formula is C16H24N2O4. The van der Waals surface area contributed by atoms with E-state index in [0.29, 0.717) is 18.0 Å². The number of aryl methyl sites for hydroxylation is 1. The number of anilines is 1. The van der Waals surface area contributed by atoms with Crippen LogP contribution in [0, 0.1) is 12.8 Å². The third kappa shape index (κ3) is 5.87. The van der Waals surface area contributed by atoms with Crippen LogP contribution in [-0.2, 0) is 14.3 Å². The molecule has 0 aromatic carbocycles. The molecule has 122 valence electrons. The van der Waals surface area contributed by atoms with Crippen molar-refractivity contribution >= 4 is 17.7 Å². The number of aromatic nitrogens is 1. The molecule has 1 N–H and O–H groups in total. The lowest BCUT2D eigenvalue weighted by Crippen LogP contribution is -2.21. The van der Waals surface area contributed by atoms with Gasteiger partial charge in [-0.3, -0.25) is 9.59 Å². The topological polar surface area (TPSA) is 81.4 Å². The smallest absolute Gasteiger partial charge is 0.306 e. The predicted octanol–water partition coefficient (Wildman–Crippen LogP) is 3.22. The summed E-state index contributed by atoms with van der Waals surface area (Å²) >= 11 is 0. The molecule has 1 fully saturated rings. The number of hydrogen-bond acceptors (Lipinski definition) is 5. The van der Waals surface area contributed by atoms with Crippen molar-refractivity contribution in [3.8, 4) is 0 Å². The van der Waals surface area contributed by atoms with Gasteiger partial charge >= 0.3 is 5.97 Å². The third-order valence-electron chi connectivity index (χ3n) is 3.98. The highest BCUT2D eigenvalue weighted by Crippen LogP contribution is 2.27. The van der Waals surface area contributed by atoms with Gasteiger partial charge in [0.15, 0.2) is 12.4 Å². The van der Waals surface area contributed by atoms with Crippen LogP contribution < -0.4 is 5.32 Å². The zero-order valence-electron chi connectivity index (χ0n) is 13.1. The quantitative estimate of drug-likeness (QED) is 0.782. The molecule has 0 aliphatic heterocycles. The normalized spacial score (nSPS) is 15.5. The van der Waals surface area contributed by atoms with Crippen LogP contribution >= 0.6 is 0 Å². The van der Waals surface area contributed by atoms with Crippen LogP contribution in [0.25, 0.3) is 0 Å². The van der Waals surface area contributed by atoms with E-state index in [9.17, 15) is 9.59 Å². The van der Waals surface area contributed by atoms with Crippen LogP contribution in [0.3, 0.4) is 0 Å². The van der Waals surface area contributed by atoms with Gasteiger partial charge in [-0.15, -0.1) is 0 Å². The molecule has 1 aromatic rings. The Kier molecular flexibility index (Phi) is 6.43. The standard InChI is InChI=1S/C16H24N2O4/c1-12-10-14(18-22-12)17-15(19)11-21-16(20)9-5-8-13-6-3-2-4-7-13/h10,13H,2-9,11H2,1H3,(H,17,18,19). The molecule has 22 heavy (non-hydrogen) atoms. The molecule has 0 spiro atoms. The lowest BCUT2D eigenvalue weighted by molar-refractivity contribution is -0.147. The molecule has 1 heterocycles. The Labute approximate surface area is 130 Å². The summed E-state index contributed by atoms with van der Waals surface area (Å²) in [5.41, 5.74) is 0. The van der Waals surface area contributed by atoms with E-state index in [2.05, 4.69) is 10.5 Å². The number of hydrogen-bond donors (Lipinski definition) is 1. The van der Waals surface area contributed by atoms with E-state index >= 15 is 0 Å². The van der Waals surface area contributed by atoms with Crippen molar-refractivity contribution in [3.63, 3.8) is 0 Å². The number of amides is 1. The number of carbonyl (C=O) groups excluding carboxylic acids is 2. The Morgan fingerprint density at radius 1 is 1.36 bits per heavy atom. The molecule has 0 radical (unpaired) electrons. The Morgan fingerprint density at radius 2 is 2.14 bits per heavy atom. The van der Waals surface area contributed by atoms with E-state index in [4.69, 9.17) is 9.26 Å². The minimum Gasteiger partial charge on any atom is -0.456 e. The summed E-state index contributed by atoms with van der Waals surface area (Å²) in [6, 6.07) is 1.60. The first-order valence-electron chi connectivity index (χ1n) is 8.02. The molecule has 0 unspecified atom stereocenters. The maximum atomic E-state index is 11.6. The zero-order chi connectivity index (χ0) is 15.8. The second kappa shape index (κ2) is 8.56. The van der Waals surface area contributed by atoms with Gasteiger partial charge in [-0.1, -0.05) is 37.3 Å². The van der Waals surface area contributed by atoms with E-state index in [0.717, 1.165) is 18.8 Å². The highest BCUT2D eigenvalue weighted by Gasteiger charge is 2.14. The summed E-state index contributed by atoms with van der Waals surface area (Å²) < 4.78 is 9.79. The van der Waals surface area contributed by atoms with Crippen molar-refractivity contribution in [2.75, 3.05) is 11.9 Å².